The van der Waals surface area contributed by atoms with E-state index in [9.17, 15) is 4.79 Å². The minimum Gasteiger partial charge on any atom is -0.353 e. The van der Waals surface area contributed by atoms with Crippen molar-refractivity contribution < 1.29 is 4.79 Å². The van der Waals surface area contributed by atoms with Gasteiger partial charge in [0.2, 0.25) is 5.91 Å². The van der Waals surface area contributed by atoms with E-state index in [2.05, 4.69) is 24.5 Å². The molecule has 2 saturated carbocycles. The molecule has 3 heteroatoms. The zero-order chi connectivity index (χ0) is 13.7. The lowest BCUT2D eigenvalue weighted by molar-refractivity contribution is -0.121. The van der Waals surface area contributed by atoms with Crippen LogP contribution in [0.1, 0.15) is 65.2 Å². The molecule has 0 aromatic heterocycles. The summed E-state index contributed by atoms with van der Waals surface area (Å²) in [6.07, 6.45) is 9.41. The molecule has 2 N–H and O–H groups in total. The summed E-state index contributed by atoms with van der Waals surface area (Å²) in [7, 11) is 0. The fourth-order valence-electron chi connectivity index (χ4n) is 3.07. The molecule has 0 aliphatic heterocycles. The number of amides is 1. The van der Waals surface area contributed by atoms with Gasteiger partial charge in [-0.1, -0.05) is 13.8 Å². The largest absolute Gasteiger partial charge is 0.353 e. The SMILES string of the molecule is CC(C)C1CCC(NCCCC(=O)NC2CC2)CC1. The predicted molar refractivity (Wildman–Crippen MR) is 79.0 cm³/mol. The molecular formula is C16H30N2O. The predicted octanol–water partition coefficient (Wildman–Crippen LogP) is 2.85. The number of nitrogens with one attached hydrogen (secondary N) is 2. The molecule has 0 spiro atoms. The van der Waals surface area contributed by atoms with E-state index in [-0.39, 0.29) is 5.91 Å². The van der Waals surface area contributed by atoms with Gasteiger partial charge in [0.05, 0.1) is 0 Å². The van der Waals surface area contributed by atoms with Crippen LogP contribution >= 0.6 is 0 Å². The van der Waals surface area contributed by atoms with Crippen LogP contribution in [0.25, 0.3) is 0 Å². The van der Waals surface area contributed by atoms with Crippen molar-refractivity contribution in [2.24, 2.45) is 11.8 Å². The third-order valence-corrected chi connectivity index (χ3v) is 4.67. The zero-order valence-electron chi connectivity index (χ0n) is 12.6. The Morgan fingerprint density at radius 1 is 1.05 bits per heavy atom. The van der Waals surface area contributed by atoms with Gasteiger partial charge >= 0.3 is 0 Å². The van der Waals surface area contributed by atoms with Crippen molar-refractivity contribution in [1.29, 1.82) is 0 Å². The van der Waals surface area contributed by atoms with E-state index in [1.807, 2.05) is 0 Å². The van der Waals surface area contributed by atoms with Gasteiger partial charge in [-0.3, -0.25) is 4.79 Å². The Balaban J connectivity index is 1.48. The maximum absolute atomic E-state index is 11.5. The standard InChI is InChI=1S/C16H30N2O/c1-12(2)13-5-7-14(8-6-13)17-11-3-4-16(19)18-15-9-10-15/h12-15,17H,3-11H2,1-2H3,(H,18,19). The summed E-state index contributed by atoms with van der Waals surface area (Å²) in [5.74, 6) is 2.02. The van der Waals surface area contributed by atoms with Crippen molar-refractivity contribution >= 4 is 5.91 Å². The molecule has 0 saturated heterocycles. The number of hydrogen-bond acceptors (Lipinski definition) is 2. The molecule has 0 atom stereocenters. The summed E-state index contributed by atoms with van der Waals surface area (Å²) < 4.78 is 0. The molecule has 0 heterocycles. The lowest BCUT2D eigenvalue weighted by atomic mass is 9.80. The second-order valence-electron chi connectivity index (χ2n) is 6.76. The van der Waals surface area contributed by atoms with E-state index in [1.165, 1.54) is 38.5 Å². The average Bonchev–Trinajstić information content (AvgIpc) is 3.19. The zero-order valence-corrected chi connectivity index (χ0v) is 12.6. The van der Waals surface area contributed by atoms with Gasteiger partial charge in [0, 0.05) is 18.5 Å². The molecule has 2 aliphatic rings. The third-order valence-electron chi connectivity index (χ3n) is 4.67. The molecular weight excluding hydrogens is 236 g/mol. The first-order valence-corrected chi connectivity index (χ1v) is 8.18. The van der Waals surface area contributed by atoms with Crippen molar-refractivity contribution in [3.63, 3.8) is 0 Å². The van der Waals surface area contributed by atoms with Crippen LogP contribution in [-0.4, -0.2) is 24.5 Å². The summed E-state index contributed by atoms with van der Waals surface area (Å²) in [6, 6.07) is 1.20. The normalized spacial score (nSPS) is 27.5. The summed E-state index contributed by atoms with van der Waals surface area (Å²) >= 11 is 0. The highest BCUT2D eigenvalue weighted by atomic mass is 16.1. The number of carbonyl (C=O) groups is 1. The fraction of sp³-hybridized carbons (Fsp3) is 0.938. The Labute approximate surface area is 117 Å². The Morgan fingerprint density at radius 2 is 1.68 bits per heavy atom. The van der Waals surface area contributed by atoms with Gasteiger partial charge in [-0.25, -0.2) is 0 Å². The van der Waals surface area contributed by atoms with Crippen LogP contribution in [0, 0.1) is 11.8 Å². The van der Waals surface area contributed by atoms with Crippen LogP contribution in [0.4, 0.5) is 0 Å². The second kappa shape index (κ2) is 7.28. The smallest absolute Gasteiger partial charge is 0.220 e. The van der Waals surface area contributed by atoms with Crippen molar-refractivity contribution in [1.82, 2.24) is 10.6 Å². The molecule has 0 aromatic rings. The maximum Gasteiger partial charge on any atom is 0.220 e. The van der Waals surface area contributed by atoms with Gasteiger partial charge in [0.25, 0.3) is 0 Å². The highest BCUT2D eigenvalue weighted by Gasteiger charge is 2.24. The molecule has 19 heavy (non-hydrogen) atoms. The number of carbonyl (C=O) groups excluding carboxylic acids is 1. The molecule has 2 aliphatic carbocycles. The molecule has 0 radical (unpaired) electrons. The van der Waals surface area contributed by atoms with Crippen LogP contribution in [0.5, 0.6) is 0 Å². The van der Waals surface area contributed by atoms with Crippen LogP contribution in [-0.2, 0) is 4.79 Å². The average molecular weight is 266 g/mol. The number of rotatable bonds is 7. The van der Waals surface area contributed by atoms with E-state index in [1.54, 1.807) is 0 Å². The molecule has 0 bridgehead atoms. The first-order chi connectivity index (χ1) is 9.15. The molecule has 1 amide bonds. The lowest BCUT2D eigenvalue weighted by Gasteiger charge is -2.31. The van der Waals surface area contributed by atoms with Crippen molar-refractivity contribution in [3.8, 4) is 0 Å². The maximum atomic E-state index is 11.5. The first-order valence-electron chi connectivity index (χ1n) is 8.18. The van der Waals surface area contributed by atoms with Crippen molar-refractivity contribution in [2.45, 2.75) is 77.3 Å². The van der Waals surface area contributed by atoms with Gasteiger partial charge in [-0.05, 0) is 63.3 Å². The van der Waals surface area contributed by atoms with Gasteiger partial charge in [0.1, 0.15) is 0 Å². The highest BCUT2D eigenvalue weighted by Crippen LogP contribution is 2.29. The number of hydrogen-bond donors (Lipinski definition) is 2. The fourth-order valence-corrected chi connectivity index (χ4v) is 3.07. The Morgan fingerprint density at radius 3 is 2.26 bits per heavy atom. The van der Waals surface area contributed by atoms with Crippen LogP contribution < -0.4 is 10.6 Å². The van der Waals surface area contributed by atoms with Gasteiger partial charge in [-0.15, -0.1) is 0 Å². The summed E-state index contributed by atoms with van der Waals surface area (Å²) in [5, 5.41) is 6.67. The van der Waals surface area contributed by atoms with E-state index >= 15 is 0 Å². The quantitative estimate of drug-likeness (QED) is 0.696. The molecule has 0 unspecified atom stereocenters. The summed E-state index contributed by atoms with van der Waals surface area (Å²) in [5.41, 5.74) is 0. The Hall–Kier alpha value is -0.570. The van der Waals surface area contributed by atoms with Gasteiger partial charge < -0.3 is 10.6 Å². The minimum atomic E-state index is 0.243. The monoisotopic (exact) mass is 266 g/mol. The van der Waals surface area contributed by atoms with E-state index in [4.69, 9.17) is 0 Å². The Bertz CT molecular complexity index is 278. The van der Waals surface area contributed by atoms with Crippen molar-refractivity contribution in [2.75, 3.05) is 6.54 Å². The van der Waals surface area contributed by atoms with Gasteiger partial charge in [-0.2, -0.15) is 0 Å². The highest BCUT2D eigenvalue weighted by molar-refractivity contribution is 5.76. The molecule has 2 rings (SSSR count). The van der Waals surface area contributed by atoms with Crippen LogP contribution in [0.3, 0.4) is 0 Å². The molecule has 0 aromatic carbocycles. The van der Waals surface area contributed by atoms with Crippen LogP contribution in [0.2, 0.25) is 0 Å². The minimum absolute atomic E-state index is 0.243. The van der Waals surface area contributed by atoms with Crippen LogP contribution in [0.15, 0.2) is 0 Å². The van der Waals surface area contributed by atoms with Gasteiger partial charge in [0.15, 0.2) is 0 Å². The first kappa shape index (κ1) is 14.8. The van der Waals surface area contributed by atoms with E-state index < -0.39 is 0 Å². The topological polar surface area (TPSA) is 41.1 Å². The van der Waals surface area contributed by atoms with E-state index in [0.717, 1.165) is 24.8 Å². The summed E-state index contributed by atoms with van der Waals surface area (Å²) in [6.45, 7) is 5.68. The second-order valence-corrected chi connectivity index (χ2v) is 6.76. The summed E-state index contributed by atoms with van der Waals surface area (Å²) in [4.78, 5) is 11.5. The Kier molecular flexibility index (Phi) is 5.68. The molecule has 3 nitrogen and oxygen atoms in total. The molecule has 2 fully saturated rings. The van der Waals surface area contributed by atoms with Crippen molar-refractivity contribution in [3.05, 3.63) is 0 Å². The lowest BCUT2D eigenvalue weighted by Crippen LogP contribution is -2.35. The third kappa shape index (κ3) is 5.52. The van der Waals surface area contributed by atoms with E-state index in [0.29, 0.717) is 18.5 Å². The molecule has 110 valence electrons.